The summed E-state index contributed by atoms with van der Waals surface area (Å²) in [6.45, 7) is 7.05. The predicted molar refractivity (Wildman–Crippen MR) is 66.1 cm³/mol. The van der Waals surface area contributed by atoms with E-state index in [0.717, 1.165) is 12.0 Å². The lowest BCUT2D eigenvalue weighted by atomic mass is 10.1. The van der Waals surface area contributed by atoms with Crippen LogP contribution >= 0.6 is 0 Å². The van der Waals surface area contributed by atoms with Gasteiger partial charge in [0.1, 0.15) is 0 Å². The largest absolute Gasteiger partial charge is 0.294 e. The molecule has 2 rings (SSSR count). The molecule has 0 spiro atoms. The summed E-state index contributed by atoms with van der Waals surface area (Å²) < 4.78 is 0. The average Bonchev–Trinajstić information content (AvgIpc) is 2.58. The molecule has 0 aliphatic heterocycles. The van der Waals surface area contributed by atoms with Crippen molar-refractivity contribution < 1.29 is 4.79 Å². The van der Waals surface area contributed by atoms with Crippen LogP contribution in [0.15, 0.2) is 24.3 Å². The zero-order chi connectivity index (χ0) is 11.1. The minimum absolute atomic E-state index is 0.352. The second-order valence-electron chi connectivity index (χ2n) is 5.11. The minimum Gasteiger partial charge on any atom is -0.294 e. The smallest absolute Gasteiger partial charge is 0.163 e. The van der Waals surface area contributed by atoms with E-state index in [-0.39, 0.29) is 0 Å². The molecule has 0 radical (unpaired) electrons. The SMILES string of the molecule is CC[Si](C)(C)[C@H]1CC(=O)c2ccccc21. The van der Waals surface area contributed by atoms with E-state index in [1.54, 1.807) is 0 Å². The molecule has 0 saturated carbocycles. The predicted octanol–water partition coefficient (Wildman–Crippen LogP) is 3.62. The second kappa shape index (κ2) is 3.60. The number of ketones is 1. The molecule has 1 aliphatic carbocycles. The molecule has 1 nitrogen and oxygen atoms in total. The van der Waals surface area contributed by atoms with Gasteiger partial charge in [0.05, 0.1) is 8.07 Å². The molecule has 0 unspecified atom stereocenters. The molecule has 80 valence electrons. The van der Waals surface area contributed by atoms with Crippen LogP contribution in [0.2, 0.25) is 19.1 Å². The quantitative estimate of drug-likeness (QED) is 0.693. The Bertz CT molecular complexity index is 395. The van der Waals surface area contributed by atoms with Crippen LogP contribution in [0.1, 0.15) is 34.8 Å². The Balaban J connectivity index is 2.45. The van der Waals surface area contributed by atoms with Crippen LogP contribution in [0.4, 0.5) is 0 Å². The molecule has 1 aromatic carbocycles. The standard InChI is InChI=1S/C13H18OSi/c1-4-15(2,3)13-9-12(14)10-7-5-6-8-11(10)13/h5-8,13H,4,9H2,1-3H3/t13-/m0/s1. The first-order valence-corrected chi connectivity index (χ1v) is 8.97. The molecule has 0 saturated heterocycles. The van der Waals surface area contributed by atoms with Gasteiger partial charge in [0.2, 0.25) is 0 Å². The molecule has 0 aromatic heterocycles. The van der Waals surface area contributed by atoms with Crippen molar-refractivity contribution in [3.05, 3.63) is 35.4 Å². The van der Waals surface area contributed by atoms with Gasteiger partial charge in [-0.1, -0.05) is 50.3 Å². The Labute approximate surface area is 92.5 Å². The van der Waals surface area contributed by atoms with Crippen LogP contribution in [-0.2, 0) is 0 Å². The molecule has 1 aromatic rings. The van der Waals surface area contributed by atoms with E-state index in [0.29, 0.717) is 11.3 Å². The first-order valence-electron chi connectivity index (χ1n) is 5.68. The maximum Gasteiger partial charge on any atom is 0.163 e. The molecule has 0 fully saturated rings. The van der Waals surface area contributed by atoms with Gasteiger partial charge in [-0.25, -0.2) is 0 Å². The van der Waals surface area contributed by atoms with Crippen molar-refractivity contribution in [2.24, 2.45) is 0 Å². The number of hydrogen-bond donors (Lipinski definition) is 0. The number of benzene rings is 1. The second-order valence-corrected chi connectivity index (χ2v) is 10.5. The molecule has 0 amide bonds. The van der Waals surface area contributed by atoms with E-state index in [2.05, 4.69) is 32.2 Å². The summed E-state index contributed by atoms with van der Waals surface area (Å²) in [4.78, 5) is 11.9. The van der Waals surface area contributed by atoms with E-state index in [4.69, 9.17) is 0 Å². The maximum atomic E-state index is 11.9. The molecular formula is C13H18OSi. The van der Waals surface area contributed by atoms with E-state index < -0.39 is 8.07 Å². The van der Waals surface area contributed by atoms with Gasteiger partial charge in [-0.3, -0.25) is 4.79 Å². The van der Waals surface area contributed by atoms with Gasteiger partial charge in [-0.05, 0) is 11.1 Å². The van der Waals surface area contributed by atoms with Crippen molar-refractivity contribution >= 4 is 13.9 Å². The highest BCUT2D eigenvalue weighted by Crippen LogP contribution is 2.40. The minimum atomic E-state index is -1.26. The van der Waals surface area contributed by atoms with Gasteiger partial charge in [0.15, 0.2) is 5.78 Å². The highest BCUT2D eigenvalue weighted by Gasteiger charge is 2.39. The topological polar surface area (TPSA) is 17.1 Å². The van der Waals surface area contributed by atoms with Gasteiger partial charge >= 0.3 is 0 Å². The van der Waals surface area contributed by atoms with Crippen LogP contribution < -0.4 is 0 Å². The molecule has 1 aliphatic rings. The van der Waals surface area contributed by atoms with Gasteiger partial charge in [0.25, 0.3) is 0 Å². The van der Waals surface area contributed by atoms with Gasteiger partial charge in [0, 0.05) is 12.0 Å². The summed E-state index contributed by atoms with van der Waals surface area (Å²) in [7, 11) is -1.26. The lowest BCUT2D eigenvalue weighted by Gasteiger charge is -2.28. The third-order valence-electron chi connectivity index (χ3n) is 3.88. The fourth-order valence-corrected chi connectivity index (χ4v) is 4.73. The van der Waals surface area contributed by atoms with Gasteiger partial charge < -0.3 is 0 Å². The van der Waals surface area contributed by atoms with Crippen LogP contribution in [0, 0.1) is 0 Å². The third-order valence-corrected chi connectivity index (χ3v) is 8.10. The highest BCUT2D eigenvalue weighted by molar-refractivity contribution is 6.79. The Morgan fingerprint density at radius 2 is 2.00 bits per heavy atom. The van der Waals surface area contributed by atoms with Crippen LogP contribution in [-0.4, -0.2) is 13.9 Å². The number of fused-ring (bicyclic) bond motifs is 1. The Morgan fingerprint density at radius 3 is 2.67 bits per heavy atom. The number of carbonyl (C=O) groups is 1. The van der Waals surface area contributed by atoms with Gasteiger partial charge in [-0.15, -0.1) is 0 Å². The molecule has 0 heterocycles. The zero-order valence-electron chi connectivity index (χ0n) is 9.71. The third kappa shape index (κ3) is 1.67. The molecule has 15 heavy (non-hydrogen) atoms. The molecule has 2 heteroatoms. The molecule has 0 bridgehead atoms. The lowest BCUT2D eigenvalue weighted by molar-refractivity contribution is 0.0993. The summed E-state index contributed by atoms with van der Waals surface area (Å²) in [5, 5.41) is 0. The fraction of sp³-hybridized carbons (Fsp3) is 0.462. The van der Waals surface area contributed by atoms with Crippen LogP contribution in [0.25, 0.3) is 0 Å². The van der Waals surface area contributed by atoms with Crippen molar-refractivity contribution in [1.82, 2.24) is 0 Å². The van der Waals surface area contributed by atoms with Gasteiger partial charge in [-0.2, -0.15) is 0 Å². The lowest BCUT2D eigenvalue weighted by Crippen LogP contribution is -2.32. The molecule has 1 atom stereocenters. The summed E-state index contributed by atoms with van der Waals surface area (Å²) in [6.07, 6.45) is 0.756. The fourth-order valence-electron chi connectivity index (χ4n) is 2.40. The maximum absolute atomic E-state index is 11.9. The van der Waals surface area contributed by atoms with Crippen LogP contribution in [0.5, 0.6) is 0 Å². The monoisotopic (exact) mass is 218 g/mol. The van der Waals surface area contributed by atoms with Crippen molar-refractivity contribution in [1.29, 1.82) is 0 Å². The zero-order valence-corrected chi connectivity index (χ0v) is 10.7. The molecular weight excluding hydrogens is 200 g/mol. The van der Waals surface area contributed by atoms with E-state index in [1.807, 2.05) is 12.1 Å². The van der Waals surface area contributed by atoms with Crippen LogP contribution in [0.3, 0.4) is 0 Å². The number of hydrogen-bond acceptors (Lipinski definition) is 1. The number of carbonyl (C=O) groups excluding carboxylic acids is 1. The van der Waals surface area contributed by atoms with Crippen molar-refractivity contribution in [2.45, 2.75) is 38.0 Å². The number of rotatable bonds is 2. The summed E-state index contributed by atoms with van der Waals surface area (Å²) in [6, 6.07) is 9.41. The van der Waals surface area contributed by atoms with E-state index >= 15 is 0 Å². The van der Waals surface area contributed by atoms with E-state index in [1.165, 1.54) is 11.6 Å². The highest BCUT2D eigenvalue weighted by atomic mass is 28.3. The summed E-state index contributed by atoms with van der Waals surface area (Å²) in [5.74, 6) is 0.352. The normalized spacial score (nSPS) is 20.5. The Hall–Kier alpha value is -0.893. The molecule has 0 N–H and O–H groups in total. The van der Waals surface area contributed by atoms with Crippen molar-refractivity contribution in [3.8, 4) is 0 Å². The first kappa shape index (κ1) is 10.6. The van der Waals surface area contributed by atoms with E-state index in [9.17, 15) is 4.79 Å². The summed E-state index contributed by atoms with van der Waals surface area (Å²) in [5.41, 5.74) is 2.85. The Morgan fingerprint density at radius 1 is 1.33 bits per heavy atom. The average molecular weight is 218 g/mol. The summed E-state index contributed by atoms with van der Waals surface area (Å²) >= 11 is 0. The first-order chi connectivity index (χ1) is 7.06. The van der Waals surface area contributed by atoms with Crippen molar-refractivity contribution in [3.63, 3.8) is 0 Å². The Kier molecular flexibility index (Phi) is 2.55. The van der Waals surface area contributed by atoms with Crippen molar-refractivity contribution in [2.75, 3.05) is 0 Å². The number of Topliss-reactive ketones (excluding diaryl/α,β-unsaturated/α-hetero) is 1.